The summed E-state index contributed by atoms with van der Waals surface area (Å²) in [6.45, 7) is 6.53. The van der Waals surface area contributed by atoms with Crippen molar-refractivity contribution in [3.8, 4) is 0 Å². The minimum atomic E-state index is -3.46. The monoisotopic (exact) mass is 330 g/mol. The number of carbonyl (C=O) groups is 1. The van der Waals surface area contributed by atoms with E-state index in [1.54, 1.807) is 17.5 Å². The minimum Gasteiger partial charge on any atom is -0.351 e. The number of amides is 1. The molecule has 2 rings (SSSR count). The Morgan fingerprint density at radius 3 is 2.71 bits per heavy atom. The molecule has 1 aromatic heterocycles. The van der Waals surface area contributed by atoms with Crippen molar-refractivity contribution in [3.63, 3.8) is 0 Å². The first-order chi connectivity index (χ1) is 9.70. The van der Waals surface area contributed by atoms with Crippen LogP contribution in [0.5, 0.6) is 0 Å². The highest BCUT2D eigenvalue weighted by Gasteiger charge is 2.34. The fraction of sp³-hybridized carbons (Fsp3) is 0.643. The molecule has 1 atom stereocenters. The number of nitrogens with zero attached hydrogens (tertiary/aromatic N) is 1. The molecule has 0 aromatic carbocycles. The normalized spacial score (nSPS) is 21.2. The van der Waals surface area contributed by atoms with Gasteiger partial charge in [0.25, 0.3) is 10.0 Å². The molecule has 0 aliphatic carbocycles. The zero-order valence-electron chi connectivity index (χ0n) is 12.6. The first kappa shape index (κ1) is 16.5. The number of piperidine rings is 1. The van der Waals surface area contributed by atoms with Gasteiger partial charge in [-0.2, -0.15) is 4.31 Å². The average molecular weight is 330 g/mol. The molecule has 0 bridgehead atoms. The van der Waals surface area contributed by atoms with Crippen LogP contribution in [0.1, 0.15) is 33.6 Å². The number of nitrogens with one attached hydrogen (secondary N) is 1. The predicted octanol–water partition coefficient (Wildman–Crippen LogP) is 2.06. The Balaban J connectivity index is 2.09. The van der Waals surface area contributed by atoms with E-state index in [0.29, 0.717) is 17.2 Å². The lowest BCUT2D eigenvalue weighted by atomic mass is 9.97. The molecule has 2 heterocycles. The molecule has 1 amide bonds. The van der Waals surface area contributed by atoms with E-state index >= 15 is 0 Å². The largest absolute Gasteiger partial charge is 0.351 e. The van der Waals surface area contributed by atoms with Crippen LogP contribution in [0.15, 0.2) is 21.7 Å². The molecule has 0 spiro atoms. The van der Waals surface area contributed by atoms with E-state index in [1.165, 1.54) is 15.6 Å². The summed E-state index contributed by atoms with van der Waals surface area (Å²) in [6.07, 6.45) is 1.45. The van der Waals surface area contributed by atoms with E-state index in [-0.39, 0.29) is 23.9 Å². The van der Waals surface area contributed by atoms with E-state index in [0.717, 1.165) is 6.42 Å². The van der Waals surface area contributed by atoms with Crippen molar-refractivity contribution in [2.75, 3.05) is 13.1 Å². The van der Waals surface area contributed by atoms with Crippen LogP contribution in [-0.4, -0.2) is 37.3 Å². The second-order valence-corrected chi connectivity index (χ2v) is 9.49. The maximum Gasteiger partial charge on any atom is 0.252 e. The van der Waals surface area contributed by atoms with Crippen LogP contribution < -0.4 is 5.32 Å². The molecule has 1 aliphatic heterocycles. The van der Waals surface area contributed by atoms with Gasteiger partial charge in [-0.05, 0) is 45.1 Å². The summed E-state index contributed by atoms with van der Waals surface area (Å²) >= 11 is 1.21. The van der Waals surface area contributed by atoms with Gasteiger partial charge in [-0.1, -0.05) is 6.07 Å². The van der Waals surface area contributed by atoms with Gasteiger partial charge in [0.2, 0.25) is 5.91 Å². The molecule has 0 unspecified atom stereocenters. The first-order valence-electron chi connectivity index (χ1n) is 7.06. The highest BCUT2D eigenvalue weighted by Crippen LogP contribution is 2.26. The lowest BCUT2D eigenvalue weighted by molar-refractivity contribution is -0.127. The van der Waals surface area contributed by atoms with Crippen molar-refractivity contribution in [2.24, 2.45) is 5.92 Å². The Labute approximate surface area is 130 Å². The Morgan fingerprint density at radius 2 is 2.14 bits per heavy atom. The zero-order chi connectivity index (χ0) is 15.7. The van der Waals surface area contributed by atoms with Crippen molar-refractivity contribution in [1.82, 2.24) is 9.62 Å². The minimum absolute atomic E-state index is 0.0615. The summed E-state index contributed by atoms with van der Waals surface area (Å²) in [5.74, 6) is -0.332. The van der Waals surface area contributed by atoms with Crippen molar-refractivity contribution in [1.29, 1.82) is 0 Å². The quantitative estimate of drug-likeness (QED) is 0.922. The van der Waals surface area contributed by atoms with Crippen LogP contribution in [0.25, 0.3) is 0 Å². The SMILES string of the molecule is CC(C)(C)NC(=O)[C@H]1CCCN(S(=O)(=O)c2cccs2)C1. The second-order valence-electron chi connectivity index (χ2n) is 6.37. The van der Waals surface area contributed by atoms with Gasteiger partial charge >= 0.3 is 0 Å². The van der Waals surface area contributed by atoms with Gasteiger partial charge in [-0.25, -0.2) is 8.42 Å². The molecular weight excluding hydrogens is 308 g/mol. The van der Waals surface area contributed by atoms with Gasteiger partial charge in [-0.15, -0.1) is 11.3 Å². The first-order valence-corrected chi connectivity index (χ1v) is 9.38. The lowest BCUT2D eigenvalue weighted by Gasteiger charge is -2.32. The van der Waals surface area contributed by atoms with Gasteiger partial charge in [-0.3, -0.25) is 4.79 Å². The smallest absolute Gasteiger partial charge is 0.252 e. The van der Waals surface area contributed by atoms with Gasteiger partial charge in [0, 0.05) is 18.6 Å². The molecule has 0 radical (unpaired) electrons. The molecule has 1 aliphatic rings. The Morgan fingerprint density at radius 1 is 1.43 bits per heavy atom. The summed E-state index contributed by atoms with van der Waals surface area (Å²) in [5, 5.41) is 4.69. The highest BCUT2D eigenvalue weighted by atomic mass is 32.2. The van der Waals surface area contributed by atoms with Crippen molar-refractivity contribution in [3.05, 3.63) is 17.5 Å². The number of sulfonamides is 1. The summed E-state index contributed by atoms with van der Waals surface area (Å²) in [5.41, 5.74) is -0.300. The molecule has 1 saturated heterocycles. The lowest BCUT2D eigenvalue weighted by Crippen LogP contribution is -2.49. The number of hydrogen-bond donors (Lipinski definition) is 1. The van der Waals surface area contributed by atoms with Crippen LogP contribution >= 0.6 is 11.3 Å². The average Bonchev–Trinajstić information content (AvgIpc) is 2.91. The third-order valence-electron chi connectivity index (χ3n) is 3.34. The fourth-order valence-corrected chi connectivity index (χ4v) is 5.05. The van der Waals surface area contributed by atoms with Crippen LogP contribution in [0.4, 0.5) is 0 Å². The van der Waals surface area contributed by atoms with Crippen molar-refractivity contribution >= 4 is 27.3 Å². The molecule has 1 aromatic rings. The molecule has 0 saturated carbocycles. The molecule has 7 heteroatoms. The van der Waals surface area contributed by atoms with Gasteiger partial charge < -0.3 is 5.32 Å². The van der Waals surface area contributed by atoms with Gasteiger partial charge in [0.05, 0.1) is 5.92 Å². The van der Waals surface area contributed by atoms with Crippen molar-refractivity contribution in [2.45, 2.75) is 43.4 Å². The summed E-state index contributed by atoms with van der Waals surface area (Å²) in [4.78, 5) is 12.2. The van der Waals surface area contributed by atoms with E-state index in [1.807, 2.05) is 20.8 Å². The molecular formula is C14H22N2O3S2. The summed E-state index contributed by atoms with van der Waals surface area (Å²) in [7, 11) is -3.46. The van der Waals surface area contributed by atoms with E-state index < -0.39 is 10.0 Å². The van der Waals surface area contributed by atoms with Crippen LogP contribution in [0.2, 0.25) is 0 Å². The maximum atomic E-state index is 12.5. The maximum absolute atomic E-state index is 12.5. The Hall–Kier alpha value is -0.920. The Bertz CT molecular complexity index is 588. The van der Waals surface area contributed by atoms with Crippen molar-refractivity contribution < 1.29 is 13.2 Å². The fourth-order valence-electron chi connectivity index (χ4n) is 2.38. The van der Waals surface area contributed by atoms with Gasteiger partial charge in [0.1, 0.15) is 4.21 Å². The zero-order valence-corrected chi connectivity index (χ0v) is 14.3. The van der Waals surface area contributed by atoms with Crippen LogP contribution in [-0.2, 0) is 14.8 Å². The third kappa shape index (κ3) is 4.05. The topological polar surface area (TPSA) is 66.5 Å². The molecule has 1 N–H and O–H groups in total. The molecule has 5 nitrogen and oxygen atoms in total. The number of rotatable bonds is 3. The molecule has 21 heavy (non-hydrogen) atoms. The van der Waals surface area contributed by atoms with E-state index in [9.17, 15) is 13.2 Å². The number of carbonyl (C=O) groups excluding carboxylic acids is 1. The van der Waals surface area contributed by atoms with E-state index in [4.69, 9.17) is 0 Å². The van der Waals surface area contributed by atoms with E-state index in [2.05, 4.69) is 5.32 Å². The van der Waals surface area contributed by atoms with Crippen LogP contribution in [0.3, 0.4) is 0 Å². The Kier molecular flexibility index (Phi) is 4.75. The van der Waals surface area contributed by atoms with Gasteiger partial charge in [0.15, 0.2) is 0 Å². The number of thiophene rings is 1. The summed E-state index contributed by atoms with van der Waals surface area (Å²) in [6, 6.07) is 3.34. The third-order valence-corrected chi connectivity index (χ3v) is 6.58. The number of hydrogen-bond acceptors (Lipinski definition) is 4. The standard InChI is InChI=1S/C14H22N2O3S2/c1-14(2,3)15-13(17)11-6-4-8-16(10-11)21(18,19)12-7-5-9-20-12/h5,7,9,11H,4,6,8,10H2,1-3H3,(H,15,17)/t11-/m0/s1. The summed E-state index contributed by atoms with van der Waals surface area (Å²) < 4.78 is 26.8. The highest BCUT2D eigenvalue weighted by molar-refractivity contribution is 7.91. The molecule has 118 valence electrons. The predicted molar refractivity (Wildman–Crippen MR) is 83.7 cm³/mol. The molecule has 1 fully saturated rings. The van der Waals surface area contributed by atoms with Crippen LogP contribution in [0, 0.1) is 5.92 Å². The second kappa shape index (κ2) is 6.06.